The Balaban J connectivity index is 2.20. The number of alkyl halides is 3. The molecular formula is C9H13F3N5O11P3. The third kappa shape index (κ3) is 7.47. The van der Waals surface area contributed by atoms with E-state index in [9.17, 15) is 36.6 Å². The van der Waals surface area contributed by atoms with Crippen molar-refractivity contribution in [3.05, 3.63) is 16.7 Å². The SMILES string of the molecule is Nc1nc2c(ncn2CC(OCP(=O)(O)OP(=O)(O)OP(=O)(O)O)C(F)(F)F)c(=O)[nH]1. The van der Waals surface area contributed by atoms with Gasteiger partial charge >= 0.3 is 29.4 Å². The minimum atomic E-state index is -5.85. The van der Waals surface area contributed by atoms with Crippen molar-refractivity contribution >= 4 is 40.4 Å². The molecule has 0 spiro atoms. The number of ether oxygens (including phenoxy) is 1. The van der Waals surface area contributed by atoms with Crippen LogP contribution in [-0.4, -0.2) is 57.7 Å². The van der Waals surface area contributed by atoms with Gasteiger partial charge in [-0.1, -0.05) is 0 Å². The summed E-state index contributed by atoms with van der Waals surface area (Å²) in [6.07, 6.45) is -9.07. The molecule has 2 heterocycles. The first-order chi connectivity index (χ1) is 13.9. The molecule has 0 saturated carbocycles. The molecule has 0 bridgehead atoms. The minimum Gasteiger partial charge on any atom is -0.369 e. The molecule has 7 N–H and O–H groups in total. The van der Waals surface area contributed by atoms with Gasteiger partial charge in [0.2, 0.25) is 5.95 Å². The molecule has 0 radical (unpaired) electrons. The fourth-order valence-corrected chi connectivity index (χ4v) is 5.36. The van der Waals surface area contributed by atoms with Gasteiger partial charge < -0.3 is 34.6 Å². The molecule has 2 aromatic heterocycles. The number of hydrogen-bond acceptors (Lipinski definition) is 10. The second kappa shape index (κ2) is 8.71. The fourth-order valence-electron chi connectivity index (χ4n) is 2.05. The number of halogens is 3. The summed E-state index contributed by atoms with van der Waals surface area (Å²) in [4.78, 5) is 56.2. The lowest BCUT2D eigenvalue weighted by molar-refractivity contribution is -0.219. The zero-order chi connectivity index (χ0) is 23.8. The molecule has 0 amide bonds. The number of nitrogens with one attached hydrogen (secondary N) is 1. The molecule has 31 heavy (non-hydrogen) atoms. The molecule has 0 aliphatic carbocycles. The van der Waals surface area contributed by atoms with Crippen LogP contribution >= 0.6 is 23.2 Å². The lowest BCUT2D eigenvalue weighted by Gasteiger charge is -2.23. The number of aromatic amines is 1. The van der Waals surface area contributed by atoms with Gasteiger partial charge in [0.25, 0.3) is 5.56 Å². The molecule has 3 unspecified atom stereocenters. The highest BCUT2D eigenvalue weighted by molar-refractivity contribution is 7.68. The third-order valence-electron chi connectivity index (χ3n) is 3.10. The van der Waals surface area contributed by atoms with Gasteiger partial charge in [-0.3, -0.25) is 14.3 Å². The Morgan fingerprint density at radius 3 is 2.35 bits per heavy atom. The average Bonchev–Trinajstić information content (AvgIpc) is 2.89. The summed E-state index contributed by atoms with van der Waals surface area (Å²) in [7, 11) is -17.0. The summed E-state index contributed by atoms with van der Waals surface area (Å²) in [5.41, 5.74) is 3.75. The molecule has 0 fully saturated rings. The van der Waals surface area contributed by atoms with Crippen molar-refractivity contribution in [1.82, 2.24) is 19.5 Å². The van der Waals surface area contributed by atoms with Crippen molar-refractivity contribution in [2.24, 2.45) is 0 Å². The van der Waals surface area contributed by atoms with Crippen LogP contribution in [0.2, 0.25) is 0 Å². The molecule has 0 aliphatic heterocycles. The quantitative estimate of drug-likeness (QED) is 0.240. The van der Waals surface area contributed by atoms with Crippen molar-refractivity contribution in [3.63, 3.8) is 0 Å². The van der Waals surface area contributed by atoms with Crippen molar-refractivity contribution in [3.8, 4) is 0 Å². The summed E-state index contributed by atoms with van der Waals surface area (Å²) in [6, 6.07) is 0. The number of H-pyrrole nitrogens is 1. The van der Waals surface area contributed by atoms with Crippen LogP contribution in [0.4, 0.5) is 19.1 Å². The smallest absolute Gasteiger partial charge is 0.369 e. The van der Waals surface area contributed by atoms with Gasteiger partial charge in [0.15, 0.2) is 17.3 Å². The standard InChI is InChI=1S/C9H13F3N5O11P3/c10-9(11,12)4(1-17-2-14-5-6(17)15-8(13)16-7(5)18)26-3-29(19,20)27-31(24,25)28-30(21,22)23/h2,4H,1,3H2,(H,19,20)(H,24,25)(H2,21,22,23)(H3,13,15,16,18). The van der Waals surface area contributed by atoms with Crippen molar-refractivity contribution in [2.45, 2.75) is 18.8 Å². The zero-order valence-corrected chi connectivity index (χ0v) is 17.3. The number of rotatable bonds is 9. The summed E-state index contributed by atoms with van der Waals surface area (Å²) >= 11 is 0. The zero-order valence-electron chi connectivity index (χ0n) is 14.6. The monoisotopic (exact) mass is 517 g/mol. The van der Waals surface area contributed by atoms with Gasteiger partial charge in [-0.25, -0.2) is 18.4 Å². The van der Waals surface area contributed by atoms with Crippen LogP contribution in [0.15, 0.2) is 11.1 Å². The molecule has 16 nitrogen and oxygen atoms in total. The molecular weight excluding hydrogens is 504 g/mol. The Bertz CT molecular complexity index is 1160. The number of nitrogen functional groups attached to an aromatic ring is 1. The molecule has 3 atom stereocenters. The number of hydrogen-bond donors (Lipinski definition) is 6. The van der Waals surface area contributed by atoms with E-state index >= 15 is 0 Å². The van der Waals surface area contributed by atoms with Crippen LogP contribution in [0.25, 0.3) is 11.2 Å². The first kappa shape index (κ1) is 25.6. The lowest BCUT2D eigenvalue weighted by Crippen LogP contribution is -2.36. The highest BCUT2D eigenvalue weighted by Gasteiger charge is 2.45. The van der Waals surface area contributed by atoms with E-state index in [1.807, 2.05) is 0 Å². The molecule has 2 aromatic rings. The van der Waals surface area contributed by atoms with E-state index in [0.29, 0.717) is 4.57 Å². The number of imidazole rings is 1. The maximum Gasteiger partial charge on any atom is 0.488 e. The van der Waals surface area contributed by atoms with E-state index in [1.54, 1.807) is 0 Å². The van der Waals surface area contributed by atoms with E-state index in [0.717, 1.165) is 6.33 Å². The van der Waals surface area contributed by atoms with Crippen LogP contribution in [0.3, 0.4) is 0 Å². The Morgan fingerprint density at radius 2 is 1.81 bits per heavy atom. The number of anilines is 1. The van der Waals surface area contributed by atoms with Crippen LogP contribution in [0.5, 0.6) is 0 Å². The Kier molecular flexibility index (Phi) is 7.19. The van der Waals surface area contributed by atoms with Gasteiger partial charge in [-0.05, 0) is 0 Å². The van der Waals surface area contributed by atoms with E-state index in [1.165, 1.54) is 0 Å². The van der Waals surface area contributed by atoms with Crippen molar-refractivity contribution in [1.29, 1.82) is 0 Å². The number of aromatic nitrogens is 4. The van der Waals surface area contributed by atoms with Gasteiger partial charge in [-0.2, -0.15) is 22.5 Å². The lowest BCUT2D eigenvalue weighted by atomic mass is 10.3. The van der Waals surface area contributed by atoms with Crippen LogP contribution in [0, 0.1) is 0 Å². The molecule has 0 saturated heterocycles. The molecule has 0 aromatic carbocycles. The fraction of sp³-hybridized carbons (Fsp3) is 0.444. The van der Waals surface area contributed by atoms with E-state index in [-0.39, 0.29) is 11.2 Å². The average molecular weight is 517 g/mol. The predicted molar refractivity (Wildman–Crippen MR) is 92.2 cm³/mol. The van der Waals surface area contributed by atoms with Gasteiger partial charge in [0.1, 0.15) is 6.35 Å². The second-order valence-electron chi connectivity index (χ2n) is 5.61. The number of nitrogens with two attached hydrogens (primary N) is 1. The predicted octanol–water partition coefficient (Wildman–Crippen LogP) is 0.0185. The molecule has 176 valence electrons. The number of fused-ring (bicyclic) bond motifs is 1. The maximum absolute atomic E-state index is 13.3. The van der Waals surface area contributed by atoms with Crippen LogP contribution in [0.1, 0.15) is 0 Å². The van der Waals surface area contributed by atoms with E-state index in [2.05, 4.69) is 28.3 Å². The van der Waals surface area contributed by atoms with E-state index < -0.39 is 59.9 Å². The highest BCUT2D eigenvalue weighted by Crippen LogP contribution is 2.66. The Morgan fingerprint density at radius 1 is 1.19 bits per heavy atom. The summed E-state index contributed by atoms with van der Waals surface area (Å²) in [6.45, 7) is -1.15. The largest absolute Gasteiger partial charge is 0.488 e. The summed E-state index contributed by atoms with van der Waals surface area (Å²) in [5.74, 6) is -0.430. The van der Waals surface area contributed by atoms with Crippen LogP contribution in [-0.2, 0) is 33.6 Å². The highest BCUT2D eigenvalue weighted by atomic mass is 31.3. The van der Waals surface area contributed by atoms with Crippen LogP contribution < -0.4 is 11.3 Å². The molecule has 22 heteroatoms. The third-order valence-corrected chi connectivity index (χ3v) is 7.10. The first-order valence-electron chi connectivity index (χ1n) is 7.40. The van der Waals surface area contributed by atoms with Gasteiger partial charge in [0, 0.05) is 0 Å². The van der Waals surface area contributed by atoms with Gasteiger partial charge in [-0.15, -0.1) is 0 Å². The Hall–Kier alpha value is -1.65. The summed E-state index contributed by atoms with van der Waals surface area (Å²) < 4.78 is 85.3. The van der Waals surface area contributed by atoms with E-state index in [4.69, 9.17) is 20.4 Å². The topological polar surface area (TPSA) is 249 Å². The molecule has 0 aliphatic rings. The number of phosphoric acid groups is 2. The maximum atomic E-state index is 13.3. The van der Waals surface area contributed by atoms with Gasteiger partial charge in [0.05, 0.1) is 12.9 Å². The summed E-state index contributed by atoms with van der Waals surface area (Å²) in [5, 5.41) is 0. The number of nitrogens with zero attached hydrogens (tertiary/aromatic N) is 3. The normalized spacial score (nSPS) is 17.9. The first-order valence-corrected chi connectivity index (χ1v) is 12.2. The minimum absolute atomic E-state index is 0.359. The van der Waals surface area contributed by atoms with Crippen molar-refractivity contribution in [2.75, 3.05) is 12.1 Å². The Labute approximate surface area is 168 Å². The molecule has 2 rings (SSSR count). The second-order valence-corrected chi connectivity index (χ2v) is 10.4. The van der Waals surface area contributed by atoms with Crippen molar-refractivity contribution < 1.29 is 59.8 Å².